The monoisotopic (exact) mass is 407 g/mol. The lowest BCUT2D eigenvalue weighted by molar-refractivity contribution is -0.159. The molecule has 1 unspecified atom stereocenters. The summed E-state index contributed by atoms with van der Waals surface area (Å²) in [5.41, 5.74) is 8.34. The normalized spacial score (nSPS) is 36.2. The lowest BCUT2D eigenvalue weighted by Crippen LogP contribution is -2.69. The Kier molecular flexibility index (Phi) is 5.88. The summed E-state index contributed by atoms with van der Waals surface area (Å²) in [6.45, 7) is 3.19. The topological polar surface area (TPSA) is 146 Å². The van der Waals surface area contributed by atoms with Crippen LogP contribution in [0.4, 0.5) is 4.79 Å². The summed E-state index contributed by atoms with van der Waals surface area (Å²) in [5, 5.41) is 14.6. The lowest BCUT2D eigenvalue weighted by Gasteiger charge is -2.45. The number of nitrogens with one attached hydrogen (secondary N) is 1. The third-order valence-corrected chi connectivity index (χ3v) is 4.58. The van der Waals surface area contributed by atoms with Gasteiger partial charge in [0, 0.05) is 17.9 Å². The fraction of sp³-hybridized carbons (Fsp3) is 0.833. The van der Waals surface area contributed by atoms with Gasteiger partial charge in [-0.05, 0) is 19.4 Å². The summed E-state index contributed by atoms with van der Waals surface area (Å²) in [6, 6.07) is -0.679. The molecule has 24 heavy (non-hydrogen) atoms. The molecule has 3 amide bonds. The van der Waals surface area contributed by atoms with Gasteiger partial charge in [-0.1, -0.05) is 15.9 Å². The Labute approximate surface area is 145 Å². The van der Waals surface area contributed by atoms with E-state index in [1.807, 2.05) is 0 Å². The molecule has 2 fully saturated rings. The number of aliphatic hydroxyl groups is 1. The van der Waals surface area contributed by atoms with Gasteiger partial charge in [-0.15, -0.1) is 0 Å². The van der Waals surface area contributed by atoms with E-state index in [2.05, 4.69) is 31.4 Å². The van der Waals surface area contributed by atoms with E-state index >= 15 is 0 Å². The van der Waals surface area contributed by atoms with Crippen LogP contribution in [0.25, 0.3) is 10.4 Å². The second-order valence-electron chi connectivity index (χ2n) is 5.41. The molecule has 2 aliphatic heterocycles. The minimum atomic E-state index is -1.18. The number of ether oxygens (including phenoxy) is 2. The number of rotatable bonds is 6. The molecular formula is C12H18BrN5O6. The zero-order valence-corrected chi connectivity index (χ0v) is 14.7. The number of carbonyl (C=O) groups excluding carboxylic acids is 2. The van der Waals surface area contributed by atoms with E-state index in [0.29, 0.717) is 0 Å². The van der Waals surface area contributed by atoms with E-state index in [0.717, 1.165) is 0 Å². The number of hydrogen-bond acceptors (Lipinski definition) is 7. The van der Waals surface area contributed by atoms with Crippen molar-refractivity contribution in [2.75, 3.05) is 13.2 Å². The molecule has 0 saturated carbocycles. The number of alkyl halides is 1. The Balaban J connectivity index is 2.25. The van der Waals surface area contributed by atoms with Crippen molar-refractivity contribution in [3.05, 3.63) is 10.4 Å². The Morgan fingerprint density at radius 1 is 1.62 bits per heavy atom. The Bertz CT molecular complexity index is 554. The molecule has 0 aromatic rings. The zero-order chi connectivity index (χ0) is 17.9. The van der Waals surface area contributed by atoms with Crippen molar-refractivity contribution >= 4 is 27.9 Å². The molecule has 2 rings (SSSR count). The molecule has 11 nitrogen and oxygen atoms in total. The van der Waals surface area contributed by atoms with Crippen molar-refractivity contribution in [3.8, 4) is 0 Å². The number of aliphatic hydroxyl groups excluding tert-OH is 1. The van der Waals surface area contributed by atoms with Crippen LogP contribution >= 0.6 is 15.9 Å². The first-order valence-electron chi connectivity index (χ1n) is 7.27. The average Bonchev–Trinajstić information content (AvgIpc) is 2.94. The van der Waals surface area contributed by atoms with Crippen molar-refractivity contribution < 1.29 is 29.0 Å². The number of hydrogen-bond donors (Lipinski definition) is 2. The van der Waals surface area contributed by atoms with Gasteiger partial charge in [0.2, 0.25) is 5.91 Å². The van der Waals surface area contributed by atoms with Crippen LogP contribution in [-0.2, 0) is 19.1 Å². The Hall–Kier alpha value is -1.59. The standard InChI is InChI=1S/C12H18BrN5O6/c1-3-22-10-12(2,13)9(20)15-11(21)18(10)8-4-6(24-17-16-14)7(5-19)23-8/h6-8,10,19H,3-5H2,1-2H3,(H,15,20,21)/t6?,7-,8-,10+,12-/m1/s1. The number of nitrogens with zero attached hydrogens (tertiary/aromatic N) is 4. The minimum absolute atomic E-state index is 0.137. The van der Waals surface area contributed by atoms with Crippen LogP contribution in [0.5, 0.6) is 0 Å². The van der Waals surface area contributed by atoms with Crippen LogP contribution in [0, 0.1) is 0 Å². The van der Waals surface area contributed by atoms with Crippen molar-refractivity contribution in [3.63, 3.8) is 0 Å². The number of imide groups is 1. The van der Waals surface area contributed by atoms with E-state index in [9.17, 15) is 14.7 Å². The van der Waals surface area contributed by atoms with E-state index < -0.39 is 40.9 Å². The number of azide groups is 1. The average molecular weight is 408 g/mol. The molecule has 2 heterocycles. The highest BCUT2D eigenvalue weighted by molar-refractivity contribution is 9.10. The molecule has 0 bridgehead atoms. The molecule has 0 aromatic heterocycles. The van der Waals surface area contributed by atoms with Gasteiger partial charge in [0.1, 0.15) is 28.0 Å². The molecule has 0 spiro atoms. The number of urea groups is 1. The van der Waals surface area contributed by atoms with Gasteiger partial charge in [-0.3, -0.25) is 15.0 Å². The molecule has 2 N–H and O–H groups in total. The molecular weight excluding hydrogens is 390 g/mol. The summed E-state index contributed by atoms with van der Waals surface area (Å²) in [6.07, 6.45) is -3.13. The minimum Gasteiger partial charge on any atom is -0.427 e. The van der Waals surface area contributed by atoms with Crippen molar-refractivity contribution in [1.82, 2.24) is 10.2 Å². The van der Waals surface area contributed by atoms with Crippen LogP contribution in [0.1, 0.15) is 20.3 Å². The van der Waals surface area contributed by atoms with E-state index in [1.165, 1.54) is 4.90 Å². The summed E-state index contributed by atoms with van der Waals surface area (Å²) < 4.78 is 10.0. The van der Waals surface area contributed by atoms with Crippen LogP contribution in [0.3, 0.4) is 0 Å². The van der Waals surface area contributed by atoms with E-state index in [4.69, 9.17) is 19.8 Å². The van der Waals surface area contributed by atoms with Crippen LogP contribution in [0.2, 0.25) is 0 Å². The summed E-state index contributed by atoms with van der Waals surface area (Å²) >= 11 is 3.30. The maximum absolute atomic E-state index is 12.3. The lowest BCUT2D eigenvalue weighted by atomic mass is 10.0. The van der Waals surface area contributed by atoms with Crippen molar-refractivity contribution in [2.24, 2.45) is 5.28 Å². The molecule has 12 heteroatoms. The molecule has 2 aliphatic rings. The van der Waals surface area contributed by atoms with Gasteiger partial charge in [0.05, 0.1) is 6.61 Å². The molecule has 2 saturated heterocycles. The van der Waals surface area contributed by atoms with Gasteiger partial charge < -0.3 is 19.4 Å². The zero-order valence-electron chi connectivity index (χ0n) is 13.1. The molecule has 0 aromatic carbocycles. The van der Waals surface area contributed by atoms with E-state index in [1.54, 1.807) is 13.8 Å². The Morgan fingerprint density at radius 2 is 2.33 bits per heavy atom. The van der Waals surface area contributed by atoms with Crippen molar-refractivity contribution in [1.29, 1.82) is 0 Å². The maximum Gasteiger partial charge on any atom is 0.328 e. The maximum atomic E-state index is 12.3. The first kappa shape index (κ1) is 18.7. The second kappa shape index (κ2) is 7.53. The highest BCUT2D eigenvalue weighted by Gasteiger charge is 2.54. The molecule has 0 radical (unpaired) electrons. The predicted molar refractivity (Wildman–Crippen MR) is 82.5 cm³/mol. The summed E-state index contributed by atoms with van der Waals surface area (Å²) in [4.78, 5) is 33.0. The number of halogens is 1. The van der Waals surface area contributed by atoms with Gasteiger partial charge in [0.15, 0.2) is 6.23 Å². The van der Waals surface area contributed by atoms with Gasteiger partial charge in [-0.25, -0.2) is 4.79 Å². The smallest absolute Gasteiger partial charge is 0.328 e. The van der Waals surface area contributed by atoms with Crippen LogP contribution in [-0.4, -0.2) is 64.1 Å². The number of amides is 3. The van der Waals surface area contributed by atoms with E-state index in [-0.39, 0.29) is 19.6 Å². The van der Waals surface area contributed by atoms with Crippen LogP contribution in [0.15, 0.2) is 5.28 Å². The fourth-order valence-corrected chi connectivity index (χ4v) is 3.12. The number of carbonyl (C=O) groups is 2. The highest BCUT2D eigenvalue weighted by Crippen LogP contribution is 2.36. The fourth-order valence-electron chi connectivity index (χ4n) is 2.67. The third kappa shape index (κ3) is 3.42. The first-order chi connectivity index (χ1) is 11.4. The third-order valence-electron chi connectivity index (χ3n) is 3.83. The van der Waals surface area contributed by atoms with Gasteiger partial charge >= 0.3 is 6.03 Å². The highest BCUT2D eigenvalue weighted by atomic mass is 79.9. The summed E-state index contributed by atoms with van der Waals surface area (Å²) in [5.74, 6) is -0.527. The summed E-state index contributed by atoms with van der Waals surface area (Å²) in [7, 11) is 0. The first-order valence-corrected chi connectivity index (χ1v) is 8.06. The predicted octanol–water partition coefficient (Wildman–Crippen LogP) is 0.772. The quantitative estimate of drug-likeness (QED) is 0.218. The molecule has 5 atom stereocenters. The van der Waals surface area contributed by atoms with Crippen molar-refractivity contribution in [2.45, 2.75) is 49.3 Å². The van der Waals surface area contributed by atoms with Crippen LogP contribution < -0.4 is 5.32 Å². The SMILES string of the molecule is CCO[C@@H]1N([C@H]2CC(ON=[N+]=[N-])[C@@H](CO)O2)C(=O)NC(=O)[C@@]1(C)Br. The van der Waals surface area contributed by atoms with Gasteiger partial charge in [-0.2, -0.15) is 0 Å². The second-order valence-corrected chi connectivity index (χ2v) is 7.06. The Morgan fingerprint density at radius 3 is 2.92 bits per heavy atom. The molecule has 134 valence electrons. The molecule has 0 aliphatic carbocycles. The van der Waals surface area contributed by atoms with Gasteiger partial charge in [0.25, 0.3) is 0 Å². The largest absolute Gasteiger partial charge is 0.427 e.